The van der Waals surface area contributed by atoms with Crippen LogP contribution in [0.15, 0.2) is 81.3 Å². The second-order valence-corrected chi connectivity index (χ2v) is 10.8. The lowest BCUT2D eigenvalue weighted by molar-refractivity contribution is -0.138. The molecule has 1 aliphatic heterocycles. The first kappa shape index (κ1) is 28.8. The third-order valence-electron chi connectivity index (χ3n) is 6.38. The van der Waals surface area contributed by atoms with E-state index < -0.39 is 23.2 Å². The quantitative estimate of drug-likeness (QED) is 0.253. The molecule has 214 valence electrons. The predicted molar refractivity (Wildman–Crippen MR) is 148 cm³/mol. The zero-order valence-corrected chi connectivity index (χ0v) is 23.2. The maximum atomic E-state index is 13.6. The van der Waals surface area contributed by atoms with Gasteiger partial charge in [-0.05, 0) is 48.0 Å². The van der Waals surface area contributed by atoms with Gasteiger partial charge in [-0.15, -0.1) is 0 Å². The normalized spacial score (nSPS) is 14.3. The lowest BCUT2D eigenvalue weighted by Gasteiger charge is -2.34. The summed E-state index contributed by atoms with van der Waals surface area (Å²) in [6, 6.07) is 14.3. The predicted octanol–water partition coefficient (Wildman–Crippen LogP) is 5.89. The molecule has 1 amide bonds. The lowest BCUT2D eigenvalue weighted by atomic mass is 10.1. The first-order valence-corrected chi connectivity index (χ1v) is 13.8. The van der Waals surface area contributed by atoms with Crippen molar-refractivity contribution in [3.8, 4) is 5.88 Å². The summed E-state index contributed by atoms with van der Waals surface area (Å²) in [4.78, 5) is 25.7. The molecule has 2 aromatic heterocycles. The number of nitrogens with two attached hydrogens (primary N) is 1. The van der Waals surface area contributed by atoms with E-state index in [9.17, 15) is 18.0 Å². The number of carbonyl (C=O) groups excluding carboxylic acids is 1. The van der Waals surface area contributed by atoms with E-state index >= 15 is 0 Å². The molecule has 1 fully saturated rings. The van der Waals surface area contributed by atoms with Gasteiger partial charge in [-0.2, -0.15) is 18.2 Å². The van der Waals surface area contributed by atoms with Crippen molar-refractivity contribution < 1.29 is 27.1 Å². The Morgan fingerprint density at radius 2 is 1.90 bits per heavy atom. The summed E-state index contributed by atoms with van der Waals surface area (Å²) in [6.45, 7) is 3.72. The van der Waals surface area contributed by atoms with Crippen molar-refractivity contribution in [2.75, 3.05) is 31.1 Å². The van der Waals surface area contributed by atoms with Gasteiger partial charge in [-0.1, -0.05) is 35.5 Å². The maximum absolute atomic E-state index is 13.6. The molecule has 13 heteroatoms. The average molecular weight is 604 g/mol. The molecule has 0 spiro atoms. The van der Waals surface area contributed by atoms with Crippen molar-refractivity contribution in [2.24, 2.45) is 5.73 Å². The summed E-state index contributed by atoms with van der Waals surface area (Å²) in [5.41, 5.74) is 4.25. The molecule has 1 aliphatic rings. The summed E-state index contributed by atoms with van der Waals surface area (Å²) < 4.78 is 52.4. The van der Waals surface area contributed by atoms with Crippen LogP contribution < -0.4 is 15.4 Å². The van der Waals surface area contributed by atoms with Gasteiger partial charge in [0.1, 0.15) is 12.4 Å². The molecular formula is C28H25ClF3N5O3S. The van der Waals surface area contributed by atoms with Crippen LogP contribution in [-0.2, 0) is 19.3 Å². The monoisotopic (exact) mass is 603 g/mol. The smallest absolute Gasteiger partial charge is 0.417 e. The minimum absolute atomic E-state index is 0.135. The maximum Gasteiger partial charge on any atom is 0.417 e. The molecule has 2 N–H and O–H groups in total. The van der Waals surface area contributed by atoms with E-state index in [0.29, 0.717) is 35.5 Å². The first-order chi connectivity index (χ1) is 19.7. The summed E-state index contributed by atoms with van der Waals surface area (Å²) in [6.07, 6.45) is -1.57. The minimum atomic E-state index is -4.76. The van der Waals surface area contributed by atoms with Crippen LogP contribution in [0, 0.1) is 0 Å². The van der Waals surface area contributed by atoms with Gasteiger partial charge in [-0.25, -0.2) is 4.98 Å². The van der Waals surface area contributed by atoms with Crippen molar-refractivity contribution in [1.29, 1.82) is 0 Å². The van der Waals surface area contributed by atoms with Gasteiger partial charge in [-0.3, -0.25) is 9.69 Å². The number of benzene rings is 2. The number of ether oxygens (including phenoxy) is 1. The number of primary amides is 1. The van der Waals surface area contributed by atoms with Gasteiger partial charge in [0.2, 0.25) is 17.7 Å². The van der Waals surface area contributed by atoms with Crippen LogP contribution in [-0.4, -0.2) is 47.0 Å². The second-order valence-electron chi connectivity index (χ2n) is 9.27. The summed E-state index contributed by atoms with van der Waals surface area (Å²) in [5, 5.41) is 0.547. The molecule has 0 saturated carbocycles. The Morgan fingerprint density at radius 1 is 1.10 bits per heavy atom. The fourth-order valence-electron chi connectivity index (χ4n) is 4.34. The first-order valence-electron chi connectivity index (χ1n) is 12.6. The van der Waals surface area contributed by atoms with Crippen LogP contribution in [0.1, 0.15) is 27.2 Å². The van der Waals surface area contributed by atoms with Crippen molar-refractivity contribution in [3.63, 3.8) is 0 Å². The van der Waals surface area contributed by atoms with Crippen LogP contribution in [0.25, 0.3) is 0 Å². The Morgan fingerprint density at radius 3 is 2.59 bits per heavy atom. The fraction of sp³-hybridized carbons (Fsp3) is 0.250. The molecule has 1 saturated heterocycles. The van der Waals surface area contributed by atoms with Gasteiger partial charge in [0, 0.05) is 36.1 Å². The van der Waals surface area contributed by atoms with E-state index in [1.165, 1.54) is 12.3 Å². The molecule has 0 aliphatic carbocycles. The topological polar surface area (TPSA) is 97.7 Å². The molecule has 4 aromatic rings. The number of hydrogen-bond acceptors (Lipinski definition) is 8. The molecule has 0 unspecified atom stereocenters. The summed E-state index contributed by atoms with van der Waals surface area (Å²) >= 11 is 7.10. The highest BCUT2D eigenvalue weighted by Gasteiger charge is 2.35. The number of aromatic nitrogens is 2. The zero-order valence-electron chi connectivity index (χ0n) is 21.6. The number of nitrogens with zero attached hydrogens (tertiary/aromatic N) is 4. The molecule has 3 heterocycles. The number of alkyl halides is 3. The Kier molecular flexibility index (Phi) is 8.71. The lowest BCUT2D eigenvalue weighted by Crippen LogP contribution is -2.46. The second kappa shape index (κ2) is 12.4. The summed E-state index contributed by atoms with van der Waals surface area (Å²) in [5.74, 6) is 0.403. The number of rotatable bonds is 9. The van der Waals surface area contributed by atoms with Crippen molar-refractivity contribution in [3.05, 3.63) is 94.5 Å². The van der Waals surface area contributed by atoms with E-state index in [-0.39, 0.29) is 17.4 Å². The van der Waals surface area contributed by atoms with E-state index in [1.807, 2.05) is 23.1 Å². The molecule has 5 rings (SSSR count). The van der Waals surface area contributed by atoms with E-state index in [1.54, 1.807) is 24.5 Å². The molecule has 0 bridgehead atoms. The highest BCUT2D eigenvalue weighted by Crippen LogP contribution is 2.39. The van der Waals surface area contributed by atoms with Crippen LogP contribution in [0.4, 0.5) is 19.1 Å². The van der Waals surface area contributed by atoms with E-state index in [0.717, 1.165) is 48.3 Å². The number of anilines is 1. The largest absolute Gasteiger partial charge is 0.472 e. The Bertz CT molecular complexity index is 1510. The molecule has 8 nitrogen and oxygen atoms in total. The van der Waals surface area contributed by atoms with Gasteiger partial charge in [0.15, 0.2) is 0 Å². The molecular weight excluding hydrogens is 579 g/mol. The van der Waals surface area contributed by atoms with Crippen molar-refractivity contribution in [1.82, 2.24) is 14.9 Å². The van der Waals surface area contributed by atoms with Gasteiger partial charge in [0.05, 0.1) is 35.0 Å². The number of furan rings is 1. The number of carbonyl (C=O) groups is 1. The number of piperazine rings is 1. The molecule has 41 heavy (non-hydrogen) atoms. The van der Waals surface area contributed by atoms with Crippen molar-refractivity contribution in [2.45, 2.75) is 29.1 Å². The molecule has 0 radical (unpaired) electrons. The van der Waals surface area contributed by atoms with E-state index in [4.69, 9.17) is 26.5 Å². The van der Waals surface area contributed by atoms with Crippen LogP contribution in [0.2, 0.25) is 5.02 Å². The van der Waals surface area contributed by atoms with E-state index in [2.05, 4.69) is 14.9 Å². The SMILES string of the molecule is NC(=O)c1ccc(Sc2cnc(N3CCN(Cc4ccco4)CC3)nc2OCc2cccc(Cl)c2)cc1C(F)(F)F. The molecule has 0 atom stereocenters. The van der Waals surface area contributed by atoms with Crippen LogP contribution in [0.3, 0.4) is 0 Å². The number of halogens is 4. The zero-order chi connectivity index (χ0) is 29.0. The summed E-state index contributed by atoms with van der Waals surface area (Å²) in [7, 11) is 0. The fourth-order valence-corrected chi connectivity index (χ4v) is 5.42. The van der Waals surface area contributed by atoms with Crippen molar-refractivity contribution >= 4 is 35.2 Å². The third kappa shape index (κ3) is 7.32. The highest BCUT2D eigenvalue weighted by molar-refractivity contribution is 7.99. The standard InChI is InChI=1S/C28H25ClF3N5O3S/c29-19-4-1-3-18(13-19)17-40-26-24(41-21-6-7-22(25(33)38)23(14-21)28(30,31)32)15-34-27(35-26)37-10-8-36(9-11-37)16-20-5-2-12-39-20/h1-7,12-15H,8-11,16-17H2,(H2,33,38). The van der Waals surface area contributed by atoms with Crippen LogP contribution >= 0.6 is 23.4 Å². The third-order valence-corrected chi connectivity index (χ3v) is 7.60. The Labute approximate surface area is 243 Å². The molecule has 2 aromatic carbocycles. The average Bonchev–Trinajstić information content (AvgIpc) is 3.45. The Hall–Kier alpha value is -3.74. The Balaban J connectivity index is 1.38. The highest BCUT2D eigenvalue weighted by atomic mass is 35.5. The van der Waals surface area contributed by atoms with Crippen LogP contribution in [0.5, 0.6) is 5.88 Å². The minimum Gasteiger partial charge on any atom is -0.472 e. The van der Waals surface area contributed by atoms with Gasteiger partial charge < -0.3 is 19.8 Å². The number of amides is 1. The van der Waals surface area contributed by atoms with Gasteiger partial charge in [0.25, 0.3) is 0 Å². The number of hydrogen-bond donors (Lipinski definition) is 1. The van der Waals surface area contributed by atoms with Gasteiger partial charge >= 0.3 is 6.18 Å².